The van der Waals surface area contributed by atoms with E-state index in [9.17, 15) is 31.4 Å². The molecule has 3 aliphatic heterocycles. The molecule has 0 unspecified atom stereocenters. The van der Waals surface area contributed by atoms with Crippen LogP contribution in [-0.4, -0.2) is 33.7 Å². The van der Waals surface area contributed by atoms with Crippen molar-refractivity contribution in [3.05, 3.63) is 89.6 Å². The number of nitrogens with zero attached hydrogens (tertiary/aromatic N) is 2. The molecule has 3 saturated heterocycles. The van der Waals surface area contributed by atoms with Crippen molar-refractivity contribution < 1.29 is 52.9 Å². The maximum Gasteiger partial charge on any atom is 0.416 e. The zero-order chi connectivity index (χ0) is 26.6. The summed E-state index contributed by atoms with van der Waals surface area (Å²) in [5.74, 6) is 0.316. The van der Waals surface area contributed by atoms with E-state index >= 15 is 0 Å². The smallest absolute Gasteiger partial charge is 0.416 e. The first-order valence-electron chi connectivity index (χ1n) is 12.2. The standard InChI is InChI=1S/C28H27F6N2O.BrH/c1-2-18-16-36(15-17-11-20(27(29,30)31)14-21(12-17)28(32,33)34)10-8-19(18)13-25(36)26(37)23-7-9-35-24-6-4-3-5-22(23)24;/h2-7,9,11-12,14,18-19,25-26,37H,1,8,10,13,15-16H2;1H/q+1;/p-1/t18-,19-,25+,26+,36+;/m0./s1. The zero-order valence-electron chi connectivity index (χ0n) is 20.3. The molecule has 1 N–H and O–H groups in total. The lowest BCUT2D eigenvalue weighted by molar-refractivity contribution is -0.984. The molecule has 1 aromatic heterocycles. The van der Waals surface area contributed by atoms with Crippen LogP contribution in [0.4, 0.5) is 26.3 Å². The van der Waals surface area contributed by atoms with Crippen molar-refractivity contribution in [2.24, 2.45) is 11.8 Å². The van der Waals surface area contributed by atoms with Gasteiger partial charge in [-0.2, -0.15) is 26.3 Å². The Labute approximate surface area is 227 Å². The van der Waals surface area contributed by atoms with Gasteiger partial charge in [0, 0.05) is 35.9 Å². The Bertz CT molecular complexity index is 1290. The normalized spacial score (nSPS) is 26.1. The summed E-state index contributed by atoms with van der Waals surface area (Å²) in [6, 6.07) is 10.5. The van der Waals surface area contributed by atoms with Crippen LogP contribution in [-0.2, 0) is 18.9 Å². The van der Waals surface area contributed by atoms with Gasteiger partial charge in [0.25, 0.3) is 0 Å². The van der Waals surface area contributed by atoms with Gasteiger partial charge >= 0.3 is 12.4 Å². The van der Waals surface area contributed by atoms with Gasteiger partial charge in [-0.15, -0.1) is 6.58 Å². The van der Waals surface area contributed by atoms with Crippen LogP contribution in [0.5, 0.6) is 0 Å². The van der Waals surface area contributed by atoms with Gasteiger partial charge in [0.2, 0.25) is 0 Å². The molecule has 3 aromatic rings. The minimum Gasteiger partial charge on any atom is -1.00 e. The number of alkyl halides is 6. The number of fused-ring (bicyclic) bond motifs is 4. The molecule has 3 fully saturated rings. The molecule has 38 heavy (non-hydrogen) atoms. The largest absolute Gasteiger partial charge is 1.00 e. The number of quaternary nitrogens is 1. The number of piperidine rings is 3. The Balaban J connectivity index is 0.00000336. The average molecular weight is 601 g/mol. The Morgan fingerprint density at radius 1 is 1.03 bits per heavy atom. The first-order valence-corrected chi connectivity index (χ1v) is 12.2. The second-order valence-electron chi connectivity index (χ2n) is 10.3. The van der Waals surface area contributed by atoms with Crippen molar-refractivity contribution in [1.29, 1.82) is 0 Å². The Hall–Kier alpha value is -2.43. The highest BCUT2D eigenvalue weighted by Crippen LogP contribution is 2.48. The molecule has 10 heteroatoms. The molecule has 3 nitrogen and oxygen atoms in total. The van der Waals surface area contributed by atoms with Crippen LogP contribution in [0.3, 0.4) is 0 Å². The van der Waals surface area contributed by atoms with Crippen LogP contribution in [0.15, 0.2) is 67.4 Å². The van der Waals surface area contributed by atoms with Crippen LogP contribution >= 0.6 is 0 Å². The monoisotopic (exact) mass is 600 g/mol. The molecular weight excluding hydrogens is 574 g/mol. The van der Waals surface area contributed by atoms with Crippen molar-refractivity contribution in [3.8, 4) is 0 Å². The number of aromatic nitrogens is 1. The fourth-order valence-electron chi connectivity index (χ4n) is 6.44. The molecule has 0 radical (unpaired) electrons. The van der Waals surface area contributed by atoms with Gasteiger partial charge < -0.3 is 26.6 Å². The molecule has 0 spiro atoms. The third-order valence-corrected chi connectivity index (χ3v) is 8.19. The van der Waals surface area contributed by atoms with Gasteiger partial charge in [-0.3, -0.25) is 4.98 Å². The first kappa shape index (κ1) is 28.6. The van der Waals surface area contributed by atoms with Gasteiger partial charge in [-0.05, 0) is 41.8 Å². The van der Waals surface area contributed by atoms with Crippen molar-refractivity contribution in [2.45, 2.75) is 43.9 Å². The molecule has 0 saturated carbocycles. The molecule has 0 aliphatic carbocycles. The van der Waals surface area contributed by atoms with Crippen LogP contribution < -0.4 is 17.0 Å². The van der Waals surface area contributed by atoms with Crippen molar-refractivity contribution >= 4 is 10.9 Å². The second kappa shape index (κ2) is 10.3. The quantitative estimate of drug-likeness (QED) is 0.274. The predicted octanol–water partition coefficient (Wildman–Crippen LogP) is 3.92. The molecule has 204 valence electrons. The lowest BCUT2D eigenvalue weighted by Crippen LogP contribution is -3.00. The van der Waals surface area contributed by atoms with Crippen LogP contribution in [0.25, 0.3) is 10.9 Å². The number of halogens is 7. The highest BCUT2D eigenvalue weighted by Gasteiger charge is 2.54. The second-order valence-corrected chi connectivity index (χ2v) is 10.3. The summed E-state index contributed by atoms with van der Waals surface area (Å²) in [7, 11) is 0. The first-order chi connectivity index (χ1) is 17.4. The van der Waals surface area contributed by atoms with Crippen LogP contribution in [0, 0.1) is 11.8 Å². The van der Waals surface area contributed by atoms with Crippen molar-refractivity contribution in [1.82, 2.24) is 4.98 Å². The number of rotatable bonds is 5. The highest BCUT2D eigenvalue weighted by atomic mass is 79.9. The number of benzene rings is 2. The average Bonchev–Trinajstić information content (AvgIpc) is 2.86. The summed E-state index contributed by atoms with van der Waals surface area (Å²) in [5.41, 5.74) is -1.31. The molecule has 0 amide bonds. The topological polar surface area (TPSA) is 33.1 Å². The van der Waals surface area contributed by atoms with E-state index in [-0.39, 0.29) is 51.5 Å². The number of pyridine rings is 1. The van der Waals surface area contributed by atoms with Gasteiger partial charge in [0.05, 0.1) is 29.7 Å². The SMILES string of the molecule is C=C[C@H]1C[N@+]2(Cc3cc(C(F)(F)F)cc(C(F)(F)F)c3)CC[C@H]1C[C@@H]2[C@H](O)c1ccnc2ccccc12.[Br-]. The minimum absolute atomic E-state index is 0. The van der Waals surface area contributed by atoms with Crippen molar-refractivity contribution in [2.75, 3.05) is 13.1 Å². The Morgan fingerprint density at radius 3 is 2.32 bits per heavy atom. The number of para-hydroxylation sites is 1. The molecule has 5 atom stereocenters. The Kier molecular flexibility index (Phi) is 7.73. The van der Waals surface area contributed by atoms with E-state index in [2.05, 4.69) is 11.6 Å². The summed E-state index contributed by atoms with van der Waals surface area (Å²) in [4.78, 5) is 4.35. The van der Waals surface area contributed by atoms with Crippen LogP contribution in [0.1, 0.15) is 41.2 Å². The molecule has 6 rings (SSSR count). The van der Waals surface area contributed by atoms with E-state index in [1.165, 1.54) is 0 Å². The lowest BCUT2D eigenvalue weighted by Gasteiger charge is -2.58. The number of hydrogen-bond acceptors (Lipinski definition) is 2. The number of aliphatic hydroxyl groups is 1. The number of aliphatic hydroxyl groups excluding tert-OH is 1. The van der Waals surface area contributed by atoms with Crippen molar-refractivity contribution in [3.63, 3.8) is 0 Å². The molecule has 2 aromatic carbocycles. The van der Waals surface area contributed by atoms with E-state index in [1.807, 2.05) is 30.3 Å². The summed E-state index contributed by atoms with van der Waals surface area (Å²) < 4.78 is 81.6. The fourth-order valence-corrected chi connectivity index (χ4v) is 6.44. The zero-order valence-corrected chi connectivity index (χ0v) is 21.9. The molecule has 4 heterocycles. The summed E-state index contributed by atoms with van der Waals surface area (Å²) in [6.45, 7) is 4.93. The molecular formula is C28H27BrF6N2O. The van der Waals surface area contributed by atoms with E-state index in [4.69, 9.17) is 0 Å². The summed E-state index contributed by atoms with van der Waals surface area (Å²) in [6.07, 6.45) is -5.99. The number of hydrogen-bond donors (Lipinski definition) is 1. The molecule has 3 aliphatic rings. The van der Waals surface area contributed by atoms with Gasteiger partial charge in [-0.1, -0.05) is 24.3 Å². The van der Waals surface area contributed by atoms with Gasteiger partial charge in [0.15, 0.2) is 0 Å². The summed E-state index contributed by atoms with van der Waals surface area (Å²) in [5, 5.41) is 12.5. The Morgan fingerprint density at radius 2 is 1.68 bits per heavy atom. The lowest BCUT2D eigenvalue weighted by atomic mass is 9.71. The minimum atomic E-state index is -4.91. The van der Waals surface area contributed by atoms with E-state index in [0.717, 1.165) is 23.9 Å². The predicted molar refractivity (Wildman–Crippen MR) is 127 cm³/mol. The third-order valence-electron chi connectivity index (χ3n) is 8.19. The van der Waals surface area contributed by atoms with E-state index in [1.54, 1.807) is 12.3 Å². The van der Waals surface area contributed by atoms with Crippen LogP contribution in [0.2, 0.25) is 0 Å². The highest BCUT2D eigenvalue weighted by molar-refractivity contribution is 5.82. The third kappa shape index (κ3) is 5.22. The van der Waals surface area contributed by atoms with E-state index in [0.29, 0.717) is 30.6 Å². The van der Waals surface area contributed by atoms with E-state index < -0.39 is 35.6 Å². The maximum absolute atomic E-state index is 13.6. The summed E-state index contributed by atoms with van der Waals surface area (Å²) >= 11 is 0. The maximum atomic E-state index is 13.6. The van der Waals surface area contributed by atoms with Gasteiger partial charge in [-0.25, -0.2) is 0 Å². The molecule has 2 bridgehead atoms. The van der Waals surface area contributed by atoms with Gasteiger partial charge in [0.1, 0.15) is 18.7 Å². The fraction of sp³-hybridized carbons (Fsp3) is 0.393.